The Morgan fingerprint density at radius 3 is 1.63 bits per heavy atom. The maximum Gasteiger partial charge on any atom is 0.335 e. The molecule has 0 aromatic carbocycles. The van der Waals surface area contributed by atoms with Crippen molar-refractivity contribution in [2.75, 3.05) is 13.2 Å². The van der Waals surface area contributed by atoms with Gasteiger partial charge in [-0.2, -0.15) is 0 Å². The van der Waals surface area contributed by atoms with E-state index in [1.165, 1.54) is 0 Å². The molecule has 8 N–H and O–H groups in total. The fraction of sp³-hybridized carbons (Fsp3) is 0.778. The van der Waals surface area contributed by atoms with Gasteiger partial charge in [0.1, 0.15) is 24.4 Å². The van der Waals surface area contributed by atoms with E-state index in [4.69, 9.17) is 40.9 Å². The van der Waals surface area contributed by atoms with Crippen LogP contribution in [0.25, 0.3) is 0 Å². The molecule has 0 saturated heterocycles. The minimum atomic E-state index is -2.20. The molecular formula is C9H18O10. The van der Waals surface area contributed by atoms with E-state index in [1.807, 2.05) is 0 Å². The monoisotopic (exact) mass is 286 g/mol. The molecule has 0 aliphatic rings. The Bertz CT molecular complexity index is 257. The van der Waals surface area contributed by atoms with Gasteiger partial charge in [-0.1, -0.05) is 0 Å². The molecule has 114 valence electrons. The molecule has 0 aliphatic carbocycles. The van der Waals surface area contributed by atoms with Crippen LogP contribution >= 0.6 is 0 Å². The second kappa shape index (κ2) is 10.8. The number of aliphatic hydroxyl groups is 7. The van der Waals surface area contributed by atoms with Gasteiger partial charge in [-0.3, -0.25) is 0 Å². The third kappa shape index (κ3) is 8.56. The summed E-state index contributed by atoms with van der Waals surface area (Å²) < 4.78 is 0. The van der Waals surface area contributed by atoms with E-state index in [1.54, 1.807) is 0 Å². The van der Waals surface area contributed by atoms with Crippen LogP contribution < -0.4 is 0 Å². The molecule has 19 heavy (non-hydrogen) atoms. The number of rotatable bonds is 7. The molecule has 0 aliphatic heterocycles. The van der Waals surface area contributed by atoms with Crippen molar-refractivity contribution in [3.8, 4) is 0 Å². The van der Waals surface area contributed by atoms with Gasteiger partial charge in [0.05, 0.1) is 13.2 Å². The molecule has 5 unspecified atom stereocenters. The van der Waals surface area contributed by atoms with Gasteiger partial charge < -0.3 is 45.6 Å². The van der Waals surface area contributed by atoms with Crippen LogP contribution in [0.4, 0.5) is 0 Å². The van der Waals surface area contributed by atoms with E-state index < -0.39 is 49.7 Å². The molecule has 0 saturated carbocycles. The van der Waals surface area contributed by atoms with Crippen molar-refractivity contribution < 1.29 is 50.4 Å². The minimum absolute atomic E-state index is 0.278. The molecule has 5 atom stereocenters. The van der Waals surface area contributed by atoms with E-state index in [-0.39, 0.29) is 6.29 Å². The van der Waals surface area contributed by atoms with Gasteiger partial charge in [-0.05, 0) is 0 Å². The molecule has 0 heterocycles. The first-order chi connectivity index (χ1) is 8.72. The lowest BCUT2D eigenvalue weighted by molar-refractivity contribution is -0.164. The summed E-state index contributed by atoms with van der Waals surface area (Å²) in [6.07, 6.45) is -8.75. The second-order valence-electron chi connectivity index (χ2n) is 3.40. The highest BCUT2D eigenvalue weighted by Crippen LogP contribution is 2.04. The highest BCUT2D eigenvalue weighted by molar-refractivity contribution is 5.72. The first-order valence-corrected chi connectivity index (χ1v) is 5.03. The smallest absolute Gasteiger partial charge is 0.335 e. The van der Waals surface area contributed by atoms with E-state index in [0.717, 1.165) is 0 Å². The van der Waals surface area contributed by atoms with Gasteiger partial charge in [0.25, 0.3) is 0 Å². The van der Waals surface area contributed by atoms with Crippen LogP contribution in [0.3, 0.4) is 0 Å². The first kappa shape index (κ1) is 20.2. The Morgan fingerprint density at radius 2 is 1.42 bits per heavy atom. The fourth-order valence-electron chi connectivity index (χ4n) is 0.711. The van der Waals surface area contributed by atoms with Crippen molar-refractivity contribution in [1.29, 1.82) is 0 Å². The summed E-state index contributed by atoms with van der Waals surface area (Å²) in [7, 11) is 0. The number of aldehydes is 1. The lowest BCUT2D eigenvalue weighted by Gasteiger charge is -2.23. The lowest BCUT2D eigenvalue weighted by Crippen LogP contribution is -2.48. The average molecular weight is 286 g/mol. The van der Waals surface area contributed by atoms with E-state index >= 15 is 0 Å². The van der Waals surface area contributed by atoms with Gasteiger partial charge in [0.2, 0.25) is 0 Å². The van der Waals surface area contributed by atoms with Crippen LogP contribution in [0.1, 0.15) is 0 Å². The normalized spacial score (nSPS) is 18.3. The summed E-state index contributed by atoms with van der Waals surface area (Å²) in [6, 6.07) is 0. The maximum atomic E-state index is 10.1. The first-order valence-electron chi connectivity index (χ1n) is 5.03. The van der Waals surface area contributed by atoms with Crippen LogP contribution in [0, 0.1) is 0 Å². The number of hydrogen-bond donors (Lipinski definition) is 8. The number of hydrogen-bond acceptors (Lipinski definition) is 9. The van der Waals surface area contributed by atoms with E-state index in [2.05, 4.69) is 0 Å². The zero-order chi connectivity index (χ0) is 15.6. The summed E-state index contributed by atoms with van der Waals surface area (Å²) >= 11 is 0. The Kier molecular flexibility index (Phi) is 11.4. The van der Waals surface area contributed by atoms with Crippen LogP contribution in [0.2, 0.25) is 0 Å². The standard InChI is InChI=1S/C6H12O7.C3H6O3/c7-1-2(8)3(9)4(10)5(11)6(12)13;4-1-3(6)2-5/h2-5,7-11H,1H2,(H,12,13);1,3,5-6H,2H2. The number of carbonyl (C=O) groups is 2. The molecule has 0 aromatic heterocycles. The SMILES string of the molecule is O=C(O)C(O)C(O)C(O)C(O)CO.O=CC(O)CO. The Hall–Kier alpha value is -1.14. The molecule has 10 nitrogen and oxygen atoms in total. The van der Waals surface area contributed by atoms with Crippen LogP contribution in [-0.2, 0) is 9.59 Å². The maximum absolute atomic E-state index is 10.1. The highest BCUT2D eigenvalue weighted by atomic mass is 16.4. The molecule has 0 rings (SSSR count). The van der Waals surface area contributed by atoms with Gasteiger partial charge in [0.15, 0.2) is 12.4 Å². The van der Waals surface area contributed by atoms with Crippen molar-refractivity contribution in [2.24, 2.45) is 0 Å². The van der Waals surface area contributed by atoms with Crippen LogP contribution in [-0.4, -0.2) is 96.8 Å². The summed E-state index contributed by atoms with van der Waals surface area (Å²) in [5.74, 6) is -1.73. The minimum Gasteiger partial charge on any atom is -0.479 e. The number of carboxylic acids is 1. The predicted octanol–water partition coefficient (Wildman–Crippen LogP) is -4.95. The van der Waals surface area contributed by atoms with Gasteiger partial charge >= 0.3 is 5.97 Å². The molecule has 0 amide bonds. The fourth-order valence-corrected chi connectivity index (χ4v) is 0.711. The molecule has 0 aromatic rings. The van der Waals surface area contributed by atoms with E-state index in [0.29, 0.717) is 0 Å². The number of carbonyl (C=O) groups excluding carboxylic acids is 1. The predicted molar refractivity (Wildman–Crippen MR) is 57.9 cm³/mol. The number of aliphatic carboxylic acids is 1. The highest BCUT2D eigenvalue weighted by Gasteiger charge is 2.33. The van der Waals surface area contributed by atoms with Crippen molar-refractivity contribution in [2.45, 2.75) is 30.5 Å². The molecule has 0 spiro atoms. The summed E-state index contributed by atoms with van der Waals surface area (Å²) in [4.78, 5) is 19.4. The number of aliphatic hydroxyl groups excluding tert-OH is 7. The quantitative estimate of drug-likeness (QED) is 0.210. The topological polar surface area (TPSA) is 196 Å². The third-order valence-corrected chi connectivity index (χ3v) is 1.85. The summed E-state index contributed by atoms with van der Waals surface area (Å²) in [5, 5.41) is 67.7. The van der Waals surface area contributed by atoms with Gasteiger partial charge in [0, 0.05) is 0 Å². The second-order valence-corrected chi connectivity index (χ2v) is 3.40. The average Bonchev–Trinajstić information content (AvgIpc) is 2.43. The van der Waals surface area contributed by atoms with Gasteiger partial charge in [-0.15, -0.1) is 0 Å². The zero-order valence-corrected chi connectivity index (χ0v) is 9.77. The van der Waals surface area contributed by atoms with Crippen molar-refractivity contribution >= 4 is 12.3 Å². The largest absolute Gasteiger partial charge is 0.479 e. The molecule has 0 fully saturated rings. The zero-order valence-electron chi connectivity index (χ0n) is 9.77. The summed E-state index contributed by atoms with van der Waals surface area (Å²) in [5.41, 5.74) is 0. The molecule has 10 heteroatoms. The molecule has 0 bridgehead atoms. The van der Waals surface area contributed by atoms with E-state index in [9.17, 15) is 9.59 Å². The van der Waals surface area contributed by atoms with Crippen molar-refractivity contribution in [3.05, 3.63) is 0 Å². The Labute approximate surface area is 107 Å². The van der Waals surface area contributed by atoms with Crippen molar-refractivity contribution in [3.63, 3.8) is 0 Å². The van der Waals surface area contributed by atoms with Crippen molar-refractivity contribution in [1.82, 2.24) is 0 Å². The third-order valence-electron chi connectivity index (χ3n) is 1.85. The molecule has 0 radical (unpaired) electrons. The van der Waals surface area contributed by atoms with Crippen LogP contribution in [0.15, 0.2) is 0 Å². The summed E-state index contributed by atoms with van der Waals surface area (Å²) in [6.45, 7) is -1.33. The number of carboxylic acid groups (broad SMARTS) is 1. The molecular weight excluding hydrogens is 268 g/mol. The van der Waals surface area contributed by atoms with Crippen LogP contribution in [0.5, 0.6) is 0 Å². The lowest BCUT2D eigenvalue weighted by atomic mass is 10.0. The Morgan fingerprint density at radius 1 is 0.947 bits per heavy atom. The van der Waals surface area contributed by atoms with Gasteiger partial charge in [-0.25, -0.2) is 4.79 Å². The Balaban J connectivity index is 0.